The Bertz CT molecular complexity index is 2850. The highest BCUT2D eigenvalue weighted by molar-refractivity contribution is 6.16. The first-order valence-electron chi connectivity index (χ1n) is 18.2. The molecule has 0 saturated heterocycles. The Kier molecular flexibility index (Phi) is 7.77. The largest absolute Gasteiger partial charge is 0.456 e. The molecule has 0 aliphatic heterocycles. The van der Waals surface area contributed by atoms with Crippen LogP contribution in [0, 0.1) is 0 Å². The maximum absolute atomic E-state index is 6.82. The van der Waals surface area contributed by atoms with Gasteiger partial charge in [0.2, 0.25) is 0 Å². The van der Waals surface area contributed by atoms with Gasteiger partial charge in [0.25, 0.3) is 0 Å². The van der Waals surface area contributed by atoms with Gasteiger partial charge >= 0.3 is 0 Å². The lowest BCUT2D eigenvalue weighted by Crippen LogP contribution is -2.10. The number of benzene rings is 8. The van der Waals surface area contributed by atoms with Gasteiger partial charge in [-0.3, -0.25) is 0 Å². The summed E-state index contributed by atoms with van der Waals surface area (Å²) in [6.07, 6.45) is 0. The van der Waals surface area contributed by atoms with Gasteiger partial charge < -0.3 is 9.32 Å². The molecule has 54 heavy (non-hydrogen) atoms. The number of nitrogens with zero attached hydrogens (tertiary/aromatic N) is 3. The van der Waals surface area contributed by atoms with Crippen molar-refractivity contribution < 1.29 is 4.42 Å². The van der Waals surface area contributed by atoms with Gasteiger partial charge in [-0.15, -0.1) is 0 Å². The highest BCUT2D eigenvalue weighted by Gasteiger charge is 2.22. The van der Waals surface area contributed by atoms with E-state index in [0.717, 1.165) is 83.4 Å². The quantitative estimate of drug-likeness (QED) is 0.167. The number of aromatic nitrogens is 2. The topological polar surface area (TPSA) is 42.2 Å². The molecule has 0 aliphatic carbocycles. The minimum Gasteiger partial charge on any atom is -0.456 e. The Morgan fingerprint density at radius 3 is 1.59 bits per heavy atom. The van der Waals surface area contributed by atoms with Gasteiger partial charge in [0.1, 0.15) is 11.2 Å². The molecule has 4 heteroatoms. The molecule has 0 spiro atoms. The van der Waals surface area contributed by atoms with Crippen LogP contribution in [0.3, 0.4) is 0 Å². The number of hydrogen-bond donors (Lipinski definition) is 0. The summed E-state index contributed by atoms with van der Waals surface area (Å²) in [5, 5.41) is 4.35. The summed E-state index contributed by atoms with van der Waals surface area (Å²) in [5.74, 6) is 0.667. The molecule has 0 unspecified atom stereocenters. The minimum absolute atomic E-state index is 0.667. The summed E-state index contributed by atoms with van der Waals surface area (Å²) in [6.45, 7) is 0. The Hall–Kier alpha value is -7.30. The predicted molar refractivity (Wildman–Crippen MR) is 223 cm³/mol. The van der Waals surface area contributed by atoms with Crippen LogP contribution in [0.25, 0.3) is 77.7 Å². The summed E-state index contributed by atoms with van der Waals surface area (Å²) in [7, 11) is 0. The van der Waals surface area contributed by atoms with Gasteiger partial charge in [0, 0.05) is 44.9 Å². The molecule has 2 aromatic heterocycles. The lowest BCUT2D eigenvalue weighted by Gasteiger charge is -2.26. The van der Waals surface area contributed by atoms with Crippen LogP contribution in [0.1, 0.15) is 0 Å². The lowest BCUT2D eigenvalue weighted by atomic mass is 9.98. The van der Waals surface area contributed by atoms with Gasteiger partial charge in [-0.2, -0.15) is 0 Å². The van der Waals surface area contributed by atoms with Crippen molar-refractivity contribution in [3.05, 3.63) is 200 Å². The Balaban J connectivity index is 1.25. The molecule has 0 fully saturated rings. The van der Waals surface area contributed by atoms with Crippen LogP contribution in [-0.2, 0) is 0 Å². The molecule has 4 nitrogen and oxygen atoms in total. The molecule has 0 bridgehead atoms. The second-order valence-electron chi connectivity index (χ2n) is 13.4. The van der Waals surface area contributed by atoms with Crippen molar-refractivity contribution in [2.24, 2.45) is 0 Å². The highest BCUT2D eigenvalue weighted by atomic mass is 16.3. The fourth-order valence-corrected chi connectivity index (χ4v) is 7.42. The normalized spacial score (nSPS) is 11.3. The third kappa shape index (κ3) is 5.76. The summed E-state index contributed by atoms with van der Waals surface area (Å²) >= 11 is 0. The molecule has 8 aromatic carbocycles. The zero-order chi connectivity index (χ0) is 35.8. The number of furan rings is 1. The molecule has 0 saturated carbocycles. The third-order valence-corrected chi connectivity index (χ3v) is 10.0. The standard InChI is InChI=1S/C50H33N3O/c1-5-15-34(16-6-1)35-25-27-41(28-26-35)53(40-23-11-4-12-24-40)42-31-43(49-44-29-38-21-13-14-22-39(38)30-47(44)54-48(49)32-42)46-33-45(36-17-7-2-8-18-36)51-50(52-46)37-19-9-3-10-20-37/h1-33H. The first kappa shape index (κ1) is 31.4. The van der Waals surface area contributed by atoms with Crippen molar-refractivity contribution in [1.29, 1.82) is 0 Å². The summed E-state index contributed by atoms with van der Waals surface area (Å²) in [4.78, 5) is 12.7. The van der Waals surface area contributed by atoms with Gasteiger partial charge in [-0.05, 0) is 70.4 Å². The molecule has 0 atom stereocenters. The first-order valence-corrected chi connectivity index (χ1v) is 18.2. The van der Waals surface area contributed by atoms with Gasteiger partial charge in [-0.1, -0.05) is 146 Å². The zero-order valence-corrected chi connectivity index (χ0v) is 29.3. The molecule has 254 valence electrons. The SMILES string of the molecule is c1ccc(-c2ccc(N(c3ccccc3)c3cc(-c4cc(-c5ccccc5)nc(-c5ccccc5)n4)c4c(c3)oc3cc5ccccc5cc34)cc2)cc1. The number of rotatable bonds is 7. The van der Waals surface area contributed by atoms with Crippen molar-refractivity contribution in [2.45, 2.75) is 0 Å². The van der Waals surface area contributed by atoms with E-state index in [9.17, 15) is 0 Å². The predicted octanol–water partition coefficient (Wildman–Crippen LogP) is 13.7. The maximum Gasteiger partial charge on any atom is 0.160 e. The molecule has 0 N–H and O–H groups in total. The van der Waals surface area contributed by atoms with E-state index < -0.39 is 0 Å². The first-order chi connectivity index (χ1) is 26.7. The van der Waals surface area contributed by atoms with Crippen molar-refractivity contribution >= 4 is 49.8 Å². The van der Waals surface area contributed by atoms with E-state index in [4.69, 9.17) is 14.4 Å². The van der Waals surface area contributed by atoms with Crippen LogP contribution in [0.15, 0.2) is 205 Å². The van der Waals surface area contributed by atoms with E-state index in [2.05, 4.69) is 163 Å². The van der Waals surface area contributed by atoms with Crippen LogP contribution in [0.4, 0.5) is 17.1 Å². The number of hydrogen-bond acceptors (Lipinski definition) is 4. The average molecular weight is 692 g/mol. The van der Waals surface area contributed by atoms with Crippen LogP contribution < -0.4 is 4.90 Å². The number of anilines is 3. The Morgan fingerprint density at radius 1 is 0.370 bits per heavy atom. The smallest absolute Gasteiger partial charge is 0.160 e. The van der Waals surface area contributed by atoms with Gasteiger partial charge in [0.15, 0.2) is 5.82 Å². The average Bonchev–Trinajstić information content (AvgIpc) is 3.61. The van der Waals surface area contributed by atoms with E-state index in [1.165, 1.54) is 5.56 Å². The molecule has 10 rings (SSSR count). The molecule has 10 aromatic rings. The number of para-hydroxylation sites is 1. The molecular weight excluding hydrogens is 659 g/mol. The summed E-state index contributed by atoms with van der Waals surface area (Å²) in [5.41, 5.74) is 11.6. The third-order valence-electron chi connectivity index (χ3n) is 10.0. The Labute approximate surface area is 313 Å². The highest BCUT2D eigenvalue weighted by Crippen LogP contribution is 2.45. The van der Waals surface area contributed by atoms with Gasteiger partial charge in [-0.25, -0.2) is 9.97 Å². The molecular formula is C50H33N3O. The fraction of sp³-hybridized carbons (Fsp3) is 0. The minimum atomic E-state index is 0.667. The van der Waals surface area contributed by atoms with Crippen molar-refractivity contribution in [3.8, 4) is 45.0 Å². The maximum atomic E-state index is 6.82. The molecule has 0 aliphatic rings. The molecule has 0 amide bonds. The van der Waals surface area contributed by atoms with Crippen LogP contribution in [0.5, 0.6) is 0 Å². The second kappa shape index (κ2) is 13.4. The van der Waals surface area contributed by atoms with E-state index in [1.807, 2.05) is 42.5 Å². The molecule has 2 heterocycles. The van der Waals surface area contributed by atoms with Crippen LogP contribution in [-0.4, -0.2) is 9.97 Å². The number of fused-ring (bicyclic) bond motifs is 4. The second-order valence-corrected chi connectivity index (χ2v) is 13.4. The van der Waals surface area contributed by atoms with E-state index >= 15 is 0 Å². The summed E-state index contributed by atoms with van der Waals surface area (Å²) in [6, 6.07) is 69.7. The van der Waals surface area contributed by atoms with Gasteiger partial charge in [0.05, 0.1) is 17.1 Å². The van der Waals surface area contributed by atoms with Crippen molar-refractivity contribution in [2.75, 3.05) is 4.90 Å². The summed E-state index contributed by atoms with van der Waals surface area (Å²) < 4.78 is 6.82. The van der Waals surface area contributed by atoms with E-state index in [1.54, 1.807) is 0 Å². The monoisotopic (exact) mass is 691 g/mol. The lowest BCUT2D eigenvalue weighted by molar-refractivity contribution is 0.669. The van der Waals surface area contributed by atoms with E-state index in [0.29, 0.717) is 5.82 Å². The van der Waals surface area contributed by atoms with Crippen LogP contribution >= 0.6 is 0 Å². The van der Waals surface area contributed by atoms with Crippen molar-refractivity contribution in [3.63, 3.8) is 0 Å². The van der Waals surface area contributed by atoms with E-state index in [-0.39, 0.29) is 0 Å². The van der Waals surface area contributed by atoms with Crippen molar-refractivity contribution in [1.82, 2.24) is 9.97 Å². The zero-order valence-electron chi connectivity index (χ0n) is 29.3. The fourth-order valence-electron chi connectivity index (χ4n) is 7.42. The van der Waals surface area contributed by atoms with Crippen LogP contribution in [0.2, 0.25) is 0 Å². The Morgan fingerprint density at radius 2 is 0.907 bits per heavy atom. The molecule has 0 radical (unpaired) electrons.